The molecule has 0 bridgehead atoms. The first-order valence-electron chi connectivity index (χ1n) is 6.89. The Kier molecular flexibility index (Phi) is 7.01. The highest BCUT2D eigenvalue weighted by Gasteiger charge is 2.22. The molecule has 3 nitrogen and oxygen atoms in total. The predicted octanol–water partition coefficient (Wildman–Crippen LogP) is 1.47. The Morgan fingerprint density at radius 2 is 1.88 bits per heavy atom. The predicted molar refractivity (Wildman–Crippen MR) is 68.6 cm³/mol. The van der Waals surface area contributed by atoms with Crippen LogP contribution in [0, 0.1) is 5.92 Å². The maximum absolute atomic E-state index is 9.82. The van der Waals surface area contributed by atoms with Crippen molar-refractivity contribution in [3.05, 3.63) is 0 Å². The van der Waals surface area contributed by atoms with Gasteiger partial charge in [0.25, 0.3) is 0 Å². The lowest BCUT2D eigenvalue weighted by Gasteiger charge is -2.28. The summed E-state index contributed by atoms with van der Waals surface area (Å²) in [5.74, 6) is 0.491. The molecule has 96 valence electrons. The third-order valence-corrected chi connectivity index (χ3v) is 3.77. The molecule has 2 N–H and O–H groups in total. The van der Waals surface area contributed by atoms with E-state index >= 15 is 0 Å². The number of nitrogens with zero attached hydrogens (tertiary/aromatic N) is 1. The smallest absolute Gasteiger partial charge is 0.0580 e. The summed E-state index contributed by atoms with van der Waals surface area (Å²) in [7, 11) is 0. The summed E-state index contributed by atoms with van der Waals surface area (Å²) in [5.41, 5.74) is 0. The van der Waals surface area contributed by atoms with E-state index in [0.717, 1.165) is 39.1 Å². The number of hydrogen-bond acceptors (Lipinski definition) is 3. The lowest BCUT2D eigenvalue weighted by molar-refractivity contribution is 0.0694. The van der Waals surface area contributed by atoms with Gasteiger partial charge in [0.05, 0.1) is 6.10 Å². The van der Waals surface area contributed by atoms with E-state index in [1.54, 1.807) is 0 Å². The van der Waals surface area contributed by atoms with Crippen molar-refractivity contribution in [1.82, 2.24) is 10.2 Å². The monoisotopic (exact) mass is 228 g/mol. The molecule has 16 heavy (non-hydrogen) atoms. The van der Waals surface area contributed by atoms with E-state index in [1.807, 2.05) is 0 Å². The van der Waals surface area contributed by atoms with E-state index in [9.17, 15) is 5.11 Å². The molecule has 0 aliphatic heterocycles. The molecule has 1 fully saturated rings. The molecule has 0 saturated heterocycles. The first kappa shape index (κ1) is 13.9. The lowest BCUT2D eigenvalue weighted by atomic mass is 9.86. The fraction of sp³-hybridized carbons (Fsp3) is 1.00. The molecule has 2 atom stereocenters. The van der Waals surface area contributed by atoms with E-state index in [2.05, 4.69) is 24.1 Å². The Labute approximate surface area is 100 Å². The van der Waals surface area contributed by atoms with Crippen molar-refractivity contribution in [2.75, 3.05) is 32.7 Å². The van der Waals surface area contributed by atoms with Gasteiger partial charge in [0.1, 0.15) is 0 Å². The van der Waals surface area contributed by atoms with Gasteiger partial charge in [-0.2, -0.15) is 0 Å². The molecule has 0 aromatic carbocycles. The van der Waals surface area contributed by atoms with Gasteiger partial charge in [0.2, 0.25) is 0 Å². The molecule has 1 saturated carbocycles. The number of hydrogen-bond donors (Lipinski definition) is 2. The highest BCUT2D eigenvalue weighted by Crippen LogP contribution is 2.23. The highest BCUT2D eigenvalue weighted by atomic mass is 16.3. The second-order valence-electron chi connectivity index (χ2n) is 4.84. The van der Waals surface area contributed by atoms with Crippen LogP contribution >= 0.6 is 0 Å². The largest absolute Gasteiger partial charge is 0.393 e. The van der Waals surface area contributed by atoms with Crippen LogP contribution in [-0.4, -0.2) is 48.8 Å². The normalized spacial score (nSPS) is 26.2. The Morgan fingerprint density at radius 1 is 1.19 bits per heavy atom. The van der Waals surface area contributed by atoms with Crippen LogP contribution in [0.3, 0.4) is 0 Å². The van der Waals surface area contributed by atoms with Crippen molar-refractivity contribution in [3.8, 4) is 0 Å². The maximum Gasteiger partial charge on any atom is 0.0580 e. The summed E-state index contributed by atoms with van der Waals surface area (Å²) in [4.78, 5) is 2.42. The Balaban J connectivity index is 2.05. The van der Waals surface area contributed by atoms with Gasteiger partial charge in [0, 0.05) is 19.6 Å². The fourth-order valence-corrected chi connectivity index (χ4v) is 2.49. The van der Waals surface area contributed by atoms with Crippen LogP contribution < -0.4 is 5.32 Å². The first-order valence-corrected chi connectivity index (χ1v) is 6.89. The van der Waals surface area contributed by atoms with Crippen molar-refractivity contribution in [2.24, 2.45) is 5.92 Å². The summed E-state index contributed by atoms with van der Waals surface area (Å²) in [6, 6.07) is 0. The molecule has 0 aromatic rings. The van der Waals surface area contributed by atoms with Gasteiger partial charge in [-0.05, 0) is 31.8 Å². The Bertz CT molecular complexity index is 171. The van der Waals surface area contributed by atoms with Crippen LogP contribution in [0.4, 0.5) is 0 Å². The van der Waals surface area contributed by atoms with Gasteiger partial charge in [-0.25, -0.2) is 0 Å². The average Bonchev–Trinajstić information content (AvgIpc) is 2.31. The molecule has 2 unspecified atom stereocenters. The quantitative estimate of drug-likeness (QED) is 0.648. The van der Waals surface area contributed by atoms with Gasteiger partial charge >= 0.3 is 0 Å². The molecule has 0 amide bonds. The molecule has 1 aliphatic carbocycles. The second kappa shape index (κ2) is 8.04. The van der Waals surface area contributed by atoms with Crippen LogP contribution in [0.5, 0.6) is 0 Å². The molecule has 3 heteroatoms. The van der Waals surface area contributed by atoms with Crippen LogP contribution in [0.15, 0.2) is 0 Å². The van der Waals surface area contributed by atoms with Crippen molar-refractivity contribution >= 4 is 0 Å². The minimum atomic E-state index is -0.0605. The summed E-state index contributed by atoms with van der Waals surface area (Å²) in [6.07, 6.45) is 4.63. The van der Waals surface area contributed by atoms with Gasteiger partial charge in [-0.3, -0.25) is 0 Å². The van der Waals surface area contributed by atoms with Crippen molar-refractivity contribution in [1.29, 1.82) is 0 Å². The van der Waals surface area contributed by atoms with Crippen LogP contribution in [0.1, 0.15) is 39.5 Å². The summed E-state index contributed by atoms with van der Waals surface area (Å²) >= 11 is 0. The van der Waals surface area contributed by atoms with E-state index in [1.165, 1.54) is 19.3 Å². The minimum Gasteiger partial charge on any atom is -0.393 e. The standard InChI is InChI=1S/C13H28N2O/c1-3-15(4-2)10-9-14-11-12-7-5-6-8-13(12)16/h12-14,16H,3-11H2,1-2H3. The lowest BCUT2D eigenvalue weighted by Crippen LogP contribution is -2.37. The minimum absolute atomic E-state index is 0.0605. The van der Waals surface area contributed by atoms with Crippen LogP contribution in [0.25, 0.3) is 0 Å². The third kappa shape index (κ3) is 4.81. The van der Waals surface area contributed by atoms with Gasteiger partial charge in [0.15, 0.2) is 0 Å². The molecule has 0 radical (unpaired) electrons. The van der Waals surface area contributed by atoms with Gasteiger partial charge < -0.3 is 15.3 Å². The average molecular weight is 228 g/mol. The number of likely N-dealkylation sites (N-methyl/N-ethyl adjacent to an activating group) is 1. The number of rotatable bonds is 7. The number of aliphatic hydroxyl groups is 1. The van der Waals surface area contributed by atoms with Crippen molar-refractivity contribution in [3.63, 3.8) is 0 Å². The molecule has 1 rings (SSSR count). The molecular weight excluding hydrogens is 200 g/mol. The van der Waals surface area contributed by atoms with E-state index in [-0.39, 0.29) is 6.10 Å². The third-order valence-electron chi connectivity index (χ3n) is 3.77. The van der Waals surface area contributed by atoms with Gasteiger partial charge in [-0.1, -0.05) is 26.7 Å². The van der Waals surface area contributed by atoms with Gasteiger partial charge in [-0.15, -0.1) is 0 Å². The van der Waals surface area contributed by atoms with Crippen LogP contribution in [-0.2, 0) is 0 Å². The molecule has 0 heterocycles. The molecular formula is C13H28N2O. The molecule has 1 aliphatic rings. The van der Waals surface area contributed by atoms with E-state index in [0.29, 0.717) is 5.92 Å². The van der Waals surface area contributed by atoms with Crippen LogP contribution in [0.2, 0.25) is 0 Å². The zero-order valence-corrected chi connectivity index (χ0v) is 10.9. The topological polar surface area (TPSA) is 35.5 Å². The highest BCUT2D eigenvalue weighted by molar-refractivity contribution is 4.76. The molecule has 0 spiro atoms. The second-order valence-corrected chi connectivity index (χ2v) is 4.84. The summed E-state index contributed by atoms with van der Waals surface area (Å²) in [5, 5.41) is 13.3. The number of nitrogens with one attached hydrogen (secondary N) is 1. The Morgan fingerprint density at radius 3 is 2.50 bits per heavy atom. The summed E-state index contributed by atoms with van der Waals surface area (Å²) in [6.45, 7) is 9.82. The first-order chi connectivity index (χ1) is 7.77. The Hall–Kier alpha value is -0.120. The van der Waals surface area contributed by atoms with Crippen molar-refractivity contribution < 1.29 is 5.11 Å². The molecule has 0 aromatic heterocycles. The number of aliphatic hydroxyl groups excluding tert-OH is 1. The maximum atomic E-state index is 9.82. The van der Waals surface area contributed by atoms with Crippen molar-refractivity contribution in [2.45, 2.75) is 45.6 Å². The fourth-order valence-electron chi connectivity index (χ4n) is 2.49. The SMILES string of the molecule is CCN(CC)CCNCC1CCCCC1O. The summed E-state index contributed by atoms with van der Waals surface area (Å²) < 4.78 is 0. The zero-order chi connectivity index (χ0) is 11.8. The van der Waals surface area contributed by atoms with E-state index in [4.69, 9.17) is 0 Å². The van der Waals surface area contributed by atoms with E-state index < -0.39 is 0 Å². The zero-order valence-electron chi connectivity index (χ0n) is 10.9.